The first kappa shape index (κ1) is 23.3. The van der Waals surface area contributed by atoms with Gasteiger partial charge in [-0.1, -0.05) is 42.0 Å². The van der Waals surface area contributed by atoms with Gasteiger partial charge in [0.1, 0.15) is 5.82 Å². The molecule has 168 valence electrons. The predicted molar refractivity (Wildman–Crippen MR) is 127 cm³/mol. The van der Waals surface area contributed by atoms with Crippen LogP contribution in [0.4, 0.5) is 11.5 Å². The van der Waals surface area contributed by atoms with E-state index in [1.54, 1.807) is 54.7 Å². The molecule has 32 heavy (non-hydrogen) atoms. The van der Waals surface area contributed by atoms with E-state index in [1.807, 2.05) is 44.1 Å². The average Bonchev–Trinajstić information content (AvgIpc) is 2.79. The molecule has 2 aromatic carbocycles. The van der Waals surface area contributed by atoms with Gasteiger partial charge in [0.2, 0.25) is 5.91 Å². The van der Waals surface area contributed by atoms with E-state index in [9.17, 15) is 13.2 Å². The van der Waals surface area contributed by atoms with Crippen LogP contribution in [-0.2, 0) is 21.4 Å². The van der Waals surface area contributed by atoms with Crippen molar-refractivity contribution in [2.75, 3.05) is 29.8 Å². The van der Waals surface area contributed by atoms with Gasteiger partial charge in [-0.25, -0.2) is 13.4 Å². The van der Waals surface area contributed by atoms with Gasteiger partial charge in [0.15, 0.2) is 0 Å². The molecule has 0 fully saturated rings. The minimum atomic E-state index is -3.81. The SMILES string of the molecule is Cc1ccc(S(=O)(=O)N(CCC(=O)NCc2cccnc2N(C)C)c2ccccc2)cc1. The number of nitrogens with one attached hydrogen (secondary N) is 1. The zero-order valence-electron chi connectivity index (χ0n) is 18.5. The van der Waals surface area contributed by atoms with Crippen molar-refractivity contribution in [3.05, 3.63) is 84.1 Å². The Morgan fingerprint density at radius 1 is 0.969 bits per heavy atom. The van der Waals surface area contributed by atoms with Gasteiger partial charge in [-0.3, -0.25) is 9.10 Å². The lowest BCUT2D eigenvalue weighted by atomic mass is 10.2. The summed E-state index contributed by atoms with van der Waals surface area (Å²) in [5.74, 6) is 0.541. The Kier molecular flexibility index (Phi) is 7.48. The van der Waals surface area contributed by atoms with Gasteiger partial charge >= 0.3 is 0 Å². The van der Waals surface area contributed by atoms with Crippen molar-refractivity contribution in [2.24, 2.45) is 0 Å². The van der Waals surface area contributed by atoms with Crippen molar-refractivity contribution in [3.63, 3.8) is 0 Å². The van der Waals surface area contributed by atoms with Crippen LogP contribution in [0.3, 0.4) is 0 Å². The van der Waals surface area contributed by atoms with Gasteiger partial charge in [-0.2, -0.15) is 0 Å². The number of hydrogen-bond donors (Lipinski definition) is 1. The molecule has 0 spiro atoms. The molecule has 1 N–H and O–H groups in total. The maximum absolute atomic E-state index is 13.3. The van der Waals surface area contributed by atoms with Crippen molar-refractivity contribution in [3.8, 4) is 0 Å². The molecule has 0 saturated heterocycles. The van der Waals surface area contributed by atoms with E-state index in [0.717, 1.165) is 16.9 Å². The molecule has 0 saturated carbocycles. The highest BCUT2D eigenvalue weighted by atomic mass is 32.2. The van der Waals surface area contributed by atoms with Crippen molar-refractivity contribution >= 4 is 27.4 Å². The number of rotatable bonds is 9. The van der Waals surface area contributed by atoms with Crippen molar-refractivity contribution in [1.82, 2.24) is 10.3 Å². The number of para-hydroxylation sites is 1. The second-order valence-electron chi connectivity index (χ2n) is 7.63. The Morgan fingerprint density at radius 2 is 1.66 bits per heavy atom. The number of aromatic nitrogens is 1. The molecule has 0 radical (unpaired) electrons. The molecule has 0 aliphatic carbocycles. The summed E-state index contributed by atoms with van der Waals surface area (Å²) < 4.78 is 28.0. The Bertz CT molecular complexity index is 1150. The third kappa shape index (κ3) is 5.64. The number of carbonyl (C=O) groups excluding carboxylic acids is 1. The van der Waals surface area contributed by atoms with Crippen LogP contribution in [0.1, 0.15) is 17.5 Å². The zero-order chi connectivity index (χ0) is 23.1. The topological polar surface area (TPSA) is 82.6 Å². The monoisotopic (exact) mass is 452 g/mol. The molecule has 0 aliphatic heterocycles. The van der Waals surface area contributed by atoms with Gasteiger partial charge < -0.3 is 10.2 Å². The molecule has 1 aromatic heterocycles. The molecule has 0 bridgehead atoms. The third-order valence-electron chi connectivity index (χ3n) is 4.96. The molecule has 8 heteroatoms. The summed E-state index contributed by atoms with van der Waals surface area (Å²) in [5, 5.41) is 2.87. The Hall–Kier alpha value is -3.39. The second kappa shape index (κ2) is 10.3. The van der Waals surface area contributed by atoms with E-state index >= 15 is 0 Å². The number of amides is 1. The van der Waals surface area contributed by atoms with Crippen molar-refractivity contribution in [1.29, 1.82) is 0 Å². The maximum Gasteiger partial charge on any atom is 0.264 e. The molecule has 1 heterocycles. The summed E-state index contributed by atoms with van der Waals surface area (Å²) in [5.41, 5.74) is 2.38. The highest BCUT2D eigenvalue weighted by Gasteiger charge is 2.25. The Labute approximate surface area is 189 Å². The maximum atomic E-state index is 13.3. The van der Waals surface area contributed by atoms with Gasteiger partial charge in [0.05, 0.1) is 10.6 Å². The highest BCUT2D eigenvalue weighted by molar-refractivity contribution is 7.92. The van der Waals surface area contributed by atoms with Crippen LogP contribution in [0.5, 0.6) is 0 Å². The molecule has 0 unspecified atom stereocenters. The van der Waals surface area contributed by atoms with Gasteiger partial charge in [-0.05, 0) is 37.3 Å². The predicted octanol–water partition coefficient (Wildman–Crippen LogP) is 3.36. The fraction of sp³-hybridized carbons (Fsp3) is 0.250. The lowest BCUT2D eigenvalue weighted by Crippen LogP contribution is -2.35. The summed E-state index contributed by atoms with van der Waals surface area (Å²) in [6.45, 7) is 2.25. The summed E-state index contributed by atoms with van der Waals surface area (Å²) in [6, 6.07) is 19.3. The van der Waals surface area contributed by atoms with Gasteiger partial charge in [-0.15, -0.1) is 0 Å². The molecule has 0 atom stereocenters. The zero-order valence-corrected chi connectivity index (χ0v) is 19.3. The first-order valence-corrected chi connectivity index (χ1v) is 11.8. The third-order valence-corrected chi connectivity index (χ3v) is 6.80. The van der Waals surface area contributed by atoms with E-state index in [0.29, 0.717) is 12.2 Å². The fourth-order valence-electron chi connectivity index (χ4n) is 3.28. The van der Waals surface area contributed by atoms with Crippen LogP contribution in [0.2, 0.25) is 0 Å². The molecular formula is C24H28N4O3S. The Morgan fingerprint density at radius 3 is 2.31 bits per heavy atom. The quantitative estimate of drug-likeness (QED) is 0.538. The average molecular weight is 453 g/mol. The van der Waals surface area contributed by atoms with Crippen LogP contribution in [-0.4, -0.2) is 39.9 Å². The van der Waals surface area contributed by atoms with Gasteiger partial charge in [0, 0.05) is 45.4 Å². The molecule has 0 aliphatic rings. The summed E-state index contributed by atoms with van der Waals surface area (Å²) in [6.07, 6.45) is 1.73. The highest BCUT2D eigenvalue weighted by Crippen LogP contribution is 2.24. The van der Waals surface area contributed by atoms with Gasteiger partial charge in [0.25, 0.3) is 10.0 Å². The van der Waals surface area contributed by atoms with Crippen LogP contribution in [0, 0.1) is 6.92 Å². The van der Waals surface area contributed by atoms with Crippen molar-refractivity contribution < 1.29 is 13.2 Å². The van der Waals surface area contributed by atoms with Crippen LogP contribution in [0.25, 0.3) is 0 Å². The largest absolute Gasteiger partial charge is 0.362 e. The number of pyridine rings is 1. The number of carbonyl (C=O) groups is 1. The van der Waals surface area contributed by atoms with Crippen molar-refractivity contribution in [2.45, 2.75) is 24.8 Å². The number of sulfonamides is 1. The standard InChI is InChI=1S/C24H28N4O3S/c1-19-11-13-22(14-12-19)32(30,31)28(21-9-5-4-6-10-21)17-15-23(29)26-18-20-8-7-16-25-24(20)27(2)3/h4-14,16H,15,17-18H2,1-3H3,(H,26,29). The number of nitrogens with zero attached hydrogens (tertiary/aromatic N) is 3. The normalized spacial score (nSPS) is 11.1. The molecule has 3 rings (SSSR count). The minimum Gasteiger partial charge on any atom is -0.362 e. The summed E-state index contributed by atoms with van der Waals surface area (Å²) in [4.78, 5) is 19.0. The smallest absolute Gasteiger partial charge is 0.264 e. The summed E-state index contributed by atoms with van der Waals surface area (Å²) >= 11 is 0. The molecule has 3 aromatic rings. The number of aryl methyl sites for hydroxylation is 1. The number of hydrogen-bond acceptors (Lipinski definition) is 5. The van der Waals surface area contributed by atoms with Crippen LogP contribution in [0.15, 0.2) is 77.8 Å². The molecule has 7 nitrogen and oxygen atoms in total. The first-order valence-electron chi connectivity index (χ1n) is 10.3. The number of anilines is 2. The Balaban J connectivity index is 1.74. The van der Waals surface area contributed by atoms with E-state index in [1.165, 1.54) is 4.31 Å². The van der Waals surface area contributed by atoms with E-state index in [2.05, 4.69) is 10.3 Å². The first-order chi connectivity index (χ1) is 15.3. The second-order valence-corrected chi connectivity index (χ2v) is 9.50. The van der Waals surface area contributed by atoms with E-state index in [-0.39, 0.29) is 23.8 Å². The van der Waals surface area contributed by atoms with E-state index in [4.69, 9.17) is 0 Å². The summed E-state index contributed by atoms with van der Waals surface area (Å²) in [7, 11) is -0.0345. The van der Waals surface area contributed by atoms with Crippen LogP contribution < -0.4 is 14.5 Å². The van der Waals surface area contributed by atoms with Crippen LogP contribution >= 0.6 is 0 Å². The molecular weight excluding hydrogens is 424 g/mol. The lowest BCUT2D eigenvalue weighted by molar-refractivity contribution is -0.121. The fourth-order valence-corrected chi connectivity index (χ4v) is 4.74. The number of benzene rings is 2. The lowest BCUT2D eigenvalue weighted by Gasteiger charge is -2.24. The minimum absolute atomic E-state index is 0.0253. The van der Waals surface area contributed by atoms with E-state index < -0.39 is 10.0 Å². The molecule has 1 amide bonds.